The molecule has 0 fully saturated rings. The maximum atomic E-state index is 11.4. The van der Waals surface area contributed by atoms with Gasteiger partial charge < -0.3 is 10.0 Å². The van der Waals surface area contributed by atoms with Crippen molar-refractivity contribution in [3.8, 4) is 0 Å². The molecule has 24 heavy (non-hydrogen) atoms. The van der Waals surface area contributed by atoms with Crippen molar-refractivity contribution in [3.05, 3.63) is 23.8 Å². The molecule has 1 aromatic rings. The summed E-state index contributed by atoms with van der Waals surface area (Å²) in [6.07, 6.45) is 6.89. The maximum absolute atomic E-state index is 11.4. The number of hydrogen-bond acceptors (Lipinski definition) is 3. The van der Waals surface area contributed by atoms with Crippen molar-refractivity contribution in [1.29, 1.82) is 0 Å². The lowest BCUT2D eigenvalue weighted by Gasteiger charge is -2.39. The summed E-state index contributed by atoms with van der Waals surface area (Å²) in [5, 5.41) is 11.4. The number of rotatable bonds is 7. The van der Waals surface area contributed by atoms with E-state index in [1.165, 1.54) is 41.8 Å². The molecular weight excluding hydrogens is 314 g/mol. The predicted molar refractivity (Wildman–Crippen MR) is 107 cm³/mol. The lowest BCUT2D eigenvalue weighted by Crippen LogP contribution is -2.40. The molecule has 0 radical (unpaired) electrons. The minimum Gasteiger partial charge on any atom is -0.392 e. The van der Waals surface area contributed by atoms with Gasteiger partial charge in [0, 0.05) is 41.8 Å². The van der Waals surface area contributed by atoms with E-state index in [0.717, 1.165) is 18.6 Å². The van der Waals surface area contributed by atoms with E-state index in [1.54, 1.807) is 0 Å². The van der Waals surface area contributed by atoms with E-state index in [0.29, 0.717) is 0 Å². The van der Waals surface area contributed by atoms with Gasteiger partial charge in [-0.3, -0.25) is 0 Å². The first-order valence-electron chi connectivity index (χ1n) is 9.57. The Labute approximate surface area is 153 Å². The molecule has 0 aromatic heterocycles. The second-order valence-corrected chi connectivity index (χ2v) is 8.73. The number of hydrogen-bond donors (Lipinski definition) is 1. The van der Waals surface area contributed by atoms with Crippen molar-refractivity contribution in [2.45, 2.75) is 76.2 Å². The molecule has 3 heteroatoms. The second kappa shape index (κ2) is 8.62. The van der Waals surface area contributed by atoms with E-state index in [2.05, 4.69) is 58.0 Å². The minimum atomic E-state index is -0.248. The van der Waals surface area contributed by atoms with Gasteiger partial charge in [0.2, 0.25) is 0 Å². The van der Waals surface area contributed by atoms with Crippen LogP contribution in [0, 0.1) is 5.41 Å². The average molecular weight is 350 g/mol. The Morgan fingerprint density at radius 3 is 2.33 bits per heavy atom. The molecule has 0 saturated heterocycles. The van der Waals surface area contributed by atoms with Crippen LogP contribution in [0.3, 0.4) is 0 Å². The number of benzene rings is 1. The van der Waals surface area contributed by atoms with Gasteiger partial charge in [0.15, 0.2) is 0 Å². The number of thioether (sulfide) groups is 1. The number of aliphatic hydroxyl groups is 1. The second-order valence-electron chi connectivity index (χ2n) is 7.71. The van der Waals surface area contributed by atoms with Crippen molar-refractivity contribution in [2.24, 2.45) is 5.41 Å². The first kappa shape index (κ1) is 19.7. The lowest BCUT2D eigenvalue weighted by atomic mass is 9.70. The SMILES string of the molecule is CCCCC1(CCCC)CSc2ccc(N(C)C)cc2[C@@H](C)[C@H]1O. The van der Waals surface area contributed by atoms with Crippen LogP contribution < -0.4 is 4.90 Å². The van der Waals surface area contributed by atoms with Crippen LogP contribution in [0.4, 0.5) is 5.69 Å². The highest BCUT2D eigenvalue weighted by molar-refractivity contribution is 7.99. The van der Waals surface area contributed by atoms with E-state index in [-0.39, 0.29) is 17.4 Å². The minimum absolute atomic E-state index is 0.0629. The van der Waals surface area contributed by atoms with Gasteiger partial charge in [-0.1, -0.05) is 46.5 Å². The largest absolute Gasteiger partial charge is 0.392 e. The zero-order valence-corrected chi connectivity index (χ0v) is 17.0. The van der Waals surface area contributed by atoms with Crippen molar-refractivity contribution >= 4 is 17.4 Å². The molecule has 0 saturated carbocycles. The van der Waals surface area contributed by atoms with Crippen LogP contribution in [0.25, 0.3) is 0 Å². The summed E-state index contributed by atoms with van der Waals surface area (Å²) in [6.45, 7) is 6.73. The van der Waals surface area contributed by atoms with Gasteiger partial charge >= 0.3 is 0 Å². The Kier molecular flexibility index (Phi) is 7.06. The van der Waals surface area contributed by atoms with Crippen LogP contribution in [-0.2, 0) is 0 Å². The van der Waals surface area contributed by atoms with Gasteiger partial charge in [0.25, 0.3) is 0 Å². The van der Waals surface area contributed by atoms with Gasteiger partial charge in [-0.2, -0.15) is 0 Å². The number of nitrogens with zero attached hydrogens (tertiary/aromatic N) is 1. The number of anilines is 1. The van der Waals surface area contributed by atoms with Gasteiger partial charge in [0.1, 0.15) is 0 Å². The summed E-state index contributed by atoms with van der Waals surface area (Å²) in [7, 11) is 4.17. The fraction of sp³-hybridized carbons (Fsp3) is 0.714. The Hall–Kier alpha value is -0.670. The first-order valence-corrected chi connectivity index (χ1v) is 10.6. The molecule has 136 valence electrons. The van der Waals surface area contributed by atoms with E-state index in [9.17, 15) is 5.11 Å². The van der Waals surface area contributed by atoms with E-state index >= 15 is 0 Å². The number of fused-ring (bicyclic) bond motifs is 1. The molecule has 1 aromatic carbocycles. The monoisotopic (exact) mass is 349 g/mol. The summed E-state index contributed by atoms with van der Waals surface area (Å²) in [6, 6.07) is 6.75. The van der Waals surface area contributed by atoms with Crippen molar-refractivity contribution in [3.63, 3.8) is 0 Å². The maximum Gasteiger partial charge on any atom is 0.0670 e. The third-order valence-electron chi connectivity index (χ3n) is 5.67. The Morgan fingerprint density at radius 1 is 1.17 bits per heavy atom. The Morgan fingerprint density at radius 2 is 1.79 bits per heavy atom. The Bertz CT molecular complexity index is 521. The fourth-order valence-electron chi connectivity index (χ4n) is 3.93. The zero-order valence-electron chi connectivity index (χ0n) is 16.1. The smallest absolute Gasteiger partial charge is 0.0670 e. The van der Waals surface area contributed by atoms with Crippen LogP contribution in [0.15, 0.2) is 23.1 Å². The standard InChI is InChI=1S/C21H35NOS/c1-6-8-12-21(13-9-7-2)15-24-19-11-10-17(22(4)5)14-18(19)16(3)20(21)23/h10-11,14,16,20,23H,6-9,12-13,15H2,1-5H3/t16-,20-/m1/s1. The molecule has 2 rings (SSSR count). The quantitative estimate of drug-likeness (QED) is 0.684. The molecule has 1 N–H and O–H groups in total. The summed E-state index contributed by atoms with van der Waals surface area (Å²) < 4.78 is 0. The van der Waals surface area contributed by atoms with Crippen LogP contribution in [0.5, 0.6) is 0 Å². The third kappa shape index (κ3) is 4.11. The van der Waals surface area contributed by atoms with Crippen molar-refractivity contribution in [1.82, 2.24) is 0 Å². The van der Waals surface area contributed by atoms with E-state index in [1.807, 2.05) is 11.8 Å². The van der Waals surface area contributed by atoms with Crippen LogP contribution in [-0.4, -0.2) is 31.1 Å². The fourth-order valence-corrected chi connectivity index (χ4v) is 5.41. The predicted octanol–water partition coefficient (Wildman–Crippen LogP) is 5.69. The summed E-state index contributed by atoms with van der Waals surface area (Å²) >= 11 is 1.97. The summed E-state index contributed by atoms with van der Waals surface area (Å²) in [4.78, 5) is 3.51. The lowest BCUT2D eigenvalue weighted by molar-refractivity contribution is 0.00883. The average Bonchev–Trinajstić information content (AvgIpc) is 2.69. The highest BCUT2D eigenvalue weighted by Gasteiger charge is 2.42. The molecule has 0 amide bonds. The van der Waals surface area contributed by atoms with Crippen LogP contribution in [0.1, 0.15) is 70.8 Å². The number of unbranched alkanes of at least 4 members (excludes halogenated alkanes) is 2. The van der Waals surface area contributed by atoms with Gasteiger partial charge in [-0.15, -0.1) is 11.8 Å². The molecular formula is C21H35NOS. The first-order chi connectivity index (χ1) is 11.4. The molecule has 0 bridgehead atoms. The Balaban J connectivity index is 2.36. The van der Waals surface area contributed by atoms with Crippen LogP contribution >= 0.6 is 11.8 Å². The zero-order chi connectivity index (χ0) is 17.7. The molecule has 1 aliphatic heterocycles. The van der Waals surface area contributed by atoms with Crippen molar-refractivity contribution in [2.75, 3.05) is 24.7 Å². The van der Waals surface area contributed by atoms with E-state index < -0.39 is 0 Å². The van der Waals surface area contributed by atoms with Gasteiger partial charge in [0.05, 0.1) is 6.10 Å². The molecule has 1 aliphatic rings. The molecule has 1 heterocycles. The summed E-state index contributed by atoms with van der Waals surface area (Å²) in [5.74, 6) is 1.25. The van der Waals surface area contributed by atoms with Gasteiger partial charge in [-0.05, 0) is 36.6 Å². The third-order valence-corrected chi connectivity index (χ3v) is 7.07. The van der Waals surface area contributed by atoms with Crippen LogP contribution in [0.2, 0.25) is 0 Å². The van der Waals surface area contributed by atoms with Gasteiger partial charge in [-0.25, -0.2) is 0 Å². The molecule has 0 unspecified atom stereocenters. The molecule has 2 atom stereocenters. The normalized spacial score (nSPS) is 22.8. The highest BCUT2D eigenvalue weighted by Crippen LogP contribution is 2.49. The van der Waals surface area contributed by atoms with E-state index in [4.69, 9.17) is 0 Å². The highest BCUT2D eigenvalue weighted by atomic mass is 32.2. The molecule has 0 aliphatic carbocycles. The molecule has 0 spiro atoms. The molecule has 2 nitrogen and oxygen atoms in total. The van der Waals surface area contributed by atoms with Crippen molar-refractivity contribution < 1.29 is 5.11 Å². The number of aliphatic hydroxyl groups excluding tert-OH is 1. The summed E-state index contributed by atoms with van der Waals surface area (Å²) in [5.41, 5.74) is 2.62. The topological polar surface area (TPSA) is 23.5 Å².